The summed E-state index contributed by atoms with van der Waals surface area (Å²) in [5, 5.41) is 0. The number of fused-ring (bicyclic) bond motifs is 1. The molecule has 2 heterocycles. The number of imidazole rings is 1. The van der Waals surface area contributed by atoms with E-state index in [1.54, 1.807) is 6.20 Å². The number of H-pyrrole nitrogens is 1. The third-order valence-corrected chi connectivity index (χ3v) is 2.81. The van der Waals surface area contributed by atoms with Crippen LogP contribution in [0.1, 0.15) is 5.56 Å². The molecule has 0 aliphatic heterocycles. The molecule has 18 heavy (non-hydrogen) atoms. The number of pyridine rings is 1. The first-order valence-electron chi connectivity index (χ1n) is 5.42. The molecular weight excluding hydrogens is 236 g/mol. The highest BCUT2D eigenvalue weighted by molar-refractivity contribution is 5.78. The van der Waals surface area contributed by atoms with E-state index in [1.807, 2.05) is 13.0 Å². The molecule has 0 spiro atoms. The average Bonchev–Trinajstić information content (AvgIpc) is 2.78. The highest BCUT2D eigenvalue weighted by Crippen LogP contribution is 2.24. The molecule has 1 N–H and O–H groups in total. The molecule has 0 aliphatic carbocycles. The van der Waals surface area contributed by atoms with Crippen LogP contribution in [0, 0.1) is 18.6 Å². The maximum Gasteiger partial charge on any atom is 0.178 e. The predicted molar refractivity (Wildman–Crippen MR) is 64.0 cm³/mol. The quantitative estimate of drug-likeness (QED) is 0.715. The van der Waals surface area contributed by atoms with E-state index in [2.05, 4.69) is 15.0 Å². The number of aromatic nitrogens is 3. The van der Waals surface area contributed by atoms with Crippen molar-refractivity contribution in [2.45, 2.75) is 6.92 Å². The molecular formula is C13H9F2N3. The van der Waals surface area contributed by atoms with Gasteiger partial charge in [-0.05, 0) is 30.7 Å². The second kappa shape index (κ2) is 3.87. The Bertz CT molecular complexity index is 734. The summed E-state index contributed by atoms with van der Waals surface area (Å²) in [6.45, 7) is 1.90. The van der Waals surface area contributed by atoms with Crippen molar-refractivity contribution in [2.75, 3.05) is 0 Å². The van der Waals surface area contributed by atoms with E-state index in [1.165, 1.54) is 12.1 Å². The van der Waals surface area contributed by atoms with Crippen molar-refractivity contribution in [3.63, 3.8) is 0 Å². The van der Waals surface area contributed by atoms with Crippen LogP contribution in [-0.2, 0) is 0 Å². The van der Waals surface area contributed by atoms with Crippen LogP contribution in [0.2, 0.25) is 0 Å². The van der Waals surface area contributed by atoms with Crippen molar-refractivity contribution >= 4 is 11.2 Å². The zero-order valence-electron chi connectivity index (χ0n) is 9.54. The zero-order chi connectivity index (χ0) is 12.7. The Hall–Kier alpha value is -2.30. The van der Waals surface area contributed by atoms with Gasteiger partial charge < -0.3 is 4.98 Å². The van der Waals surface area contributed by atoms with Gasteiger partial charge in [0.05, 0.1) is 11.1 Å². The fraction of sp³-hybridized carbons (Fsp3) is 0.0769. The fourth-order valence-corrected chi connectivity index (χ4v) is 1.85. The maximum absolute atomic E-state index is 13.7. The van der Waals surface area contributed by atoms with Crippen molar-refractivity contribution in [1.29, 1.82) is 0 Å². The minimum Gasteiger partial charge on any atom is -0.336 e. The van der Waals surface area contributed by atoms with Crippen molar-refractivity contribution in [3.05, 3.63) is 47.7 Å². The van der Waals surface area contributed by atoms with Gasteiger partial charge in [0.25, 0.3) is 0 Å². The number of hydrogen-bond acceptors (Lipinski definition) is 2. The van der Waals surface area contributed by atoms with Gasteiger partial charge in [0.1, 0.15) is 5.82 Å². The van der Waals surface area contributed by atoms with Crippen molar-refractivity contribution < 1.29 is 8.78 Å². The number of nitrogens with one attached hydrogen (secondary N) is 1. The van der Waals surface area contributed by atoms with Gasteiger partial charge in [0.2, 0.25) is 0 Å². The third kappa shape index (κ3) is 1.55. The van der Waals surface area contributed by atoms with Crippen molar-refractivity contribution in [1.82, 2.24) is 15.0 Å². The molecule has 0 aliphatic rings. The molecule has 0 bridgehead atoms. The number of nitrogens with zero attached hydrogens (tertiary/aromatic N) is 2. The van der Waals surface area contributed by atoms with E-state index in [9.17, 15) is 8.78 Å². The number of hydrogen-bond donors (Lipinski definition) is 1. The summed E-state index contributed by atoms with van der Waals surface area (Å²) in [6, 6.07) is 5.82. The van der Waals surface area contributed by atoms with Gasteiger partial charge >= 0.3 is 0 Å². The van der Waals surface area contributed by atoms with Crippen LogP contribution in [0.15, 0.2) is 30.5 Å². The van der Waals surface area contributed by atoms with Crippen LogP contribution in [0.4, 0.5) is 8.78 Å². The van der Waals surface area contributed by atoms with Gasteiger partial charge in [-0.25, -0.2) is 18.7 Å². The van der Waals surface area contributed by atoms with Crippen LogP contribution >= 0.6 is 0 Å². The van der Waals surface area contributed by atoms with Gasteiger partial charge in [0, 0.05) is 6.20 Å². The smallest absolute Gasteiger partial charge is 0.178 e. The molecule has 0 amide bonds. The number of halogens is 2. The Kier molecular flexibility index (Phi) is 2.33. The molecule has 0 fully saturated rings. The summed E-state index contributed by atoms with van der Waals surface area (Å²) in [5.74, 6) is -1.52. The lowest BCUT2D eigenvalue weighted by Gasteiger charge is -1.99. The normalized spacial score (nSPS) is 11.1. The summed E-state index contributed by atoms with van der Waals surface area (Å²) in [6.07, 6.45) is 1.63. The predicted octanol–water partition coefficient (Wildman–Crippen LogP) is 3.21. The topological polar surface area (TPSA) is 41.6 Å². The Labute approximate surface area is 102 Å². The molecule has 3 nitrogen and oxygen atoms in total. The summed E-state index contributed by atoms with van der Waals surface area (Å²) < 4.78 is 26.8. The van der Waals surface area contributed by atoms with Crippen LogP contribution in [-0.4, -0.2) is 15.0 Å². The van der Waals surface area contributed by atoms with Crippen LogP contribution < -0.4 is 0 Å². The standard InChI is InChI=1S/C13H9F2N3/c1-7-5-6-16-13-11(7)17-12(18-13)8-3-2-4-9(14)10(8)15/h2-6H,1H3,(H,16,17,18). The lowest BCUT2D eigenvalue weighted by atomic mass is 10.2. The molecule has 0 radical (unpaired) electrons. The fourth-order valence-electron chi connectivity index (χ4n) is 1.85. The van der Waals surface area contributed by atoms with Crippen LogP contribution in [0.25, 0.3) is 22.6 Å². The lowest BCUT2D eigenvalue weighted by Crippen LogP contribution is -1.90. The second-order valence-corrected chi connectivity index (χ2v) is 4.01. The van der Waals surface area contributed by atoms with Gasteiger partial charge in [-0.2, -0.15) is 0 Å². The molecule has 0 unspecified atom stereocenters. The Morgan fingerprint density at radius 1 is 1.17 bits per heavy atom. The largest absolute Gasteiger partial charge is 0.336 e. The molecule has 0 saturated heterocycles. The molecule has 2 aromatic heterocycles. The third-order valence-electron chi connectivity index (χ3n) is 2.81. The molecule has 3 rings (SSSR count). The Morgan fingerprint density at radius 3 is 2.78 bits per heavy atom. The molecule has 1 aromatic carbocycles. The van der Waals surface area contributed by atoms with Gasteiger partial charge in [-0.15, -0.1) is 0 Å². The summed E-state index contributed by atoms with van der Waals surface area (Å²) in [7, 11) is 0. The molecule has 90 valence electrons. The Morgan fingerprint density at radius 2 is 2.00 bits per heavy atom. The van der Waals surface area contributed by atoms with E-state index in [4.69, 9.17) is 0 Å². The number of aromatic amines is 1. The number of rotatable bonds is 1. The summed E-state index contributed by atoms with van der Waals surface area (Å²) >= 11 is 0. The summed E-state index contributed by atoms with van der Waals surface area (Å²) in [5.41, 5.74) is 2.28. The van der Waals surface area contributed by atoms with Gasteiger partial charge in [-0.1, -0.05) is 6.07 Å². The van der Waals surface area contributed by atoms with Crippen molar-refractivity contribution in [3.8, 4) is 11.4 Å². The molecule has 3 aromatic rings. The molecule has 0 saturated carbocycles. The average molecular weight is 245 g/mol. The summed E-state index contributed by atoms with van der Waals surface area (Å²) in [4.78, 5) is 11.2. The second-order valence-electron chi connectivity index (χ2n) is 4.01. The van der Waals surface area contributed by atoms with E-state index >= 15 is 0 Å². The minimum atomic E-state index is -0.908. The molecule has 0 atom stereocenters. The number of aryl methyl sites for hydroxylation is 1. The van der Waals surface area contributed by atoms with E-state index in [0.717, 1.165) is 17.1 Å². The van der Waals surface area contributed by atoms with Crippen LogP contribution in [0.3, 0.4) is 0 Å². The number of benzene rings is 1. The first-order valence-corrected chi connectivity index (χ1v) is 5.42. The van der Waals surface area contributed by atoms with Gasteiger partial charge in [-0.3, -0.25) is 0 Å². The Balaban J connectivity index is 2.26. The van der Waals surface area contributed by atoms with Crippen LogP contribution in [0.5, 0.6) is 0 Å². The maximum atomic E-state index is 13.7. The van der Waals surface area contributed by atoms with Gasteiger partial charge in [0.15, 0.2) is 17.3 Å². The lowest BCUT2D eigenvalue weighted by molar-refractivity contribution is 0.510. The highest BCUT2D eigenvalue weighted by atomic mass is 19.2. The first kappa shape index (κ1) is 10.8. The zero-order valence-corrected chi connectivity index (χ0v) is 9.54. The van der Waals surface area contributed by atoms with Crippen molar-refractivity contribution in [2.24, 2.45) is 0 Å². The highest BCUT2D eigenvalue weighted by Gasteiger charge is 2.14. The SMILES string of the molecule is Cc1ccnc2nc(-c3cccc(F)c3F)[nH]c12. The van der Waals surface area contributed by atoms with E-state index in [-0.39, 0.29) is 11.4 Å². The monoisotopic (exact) mass is 245 g/mol. The molecule has 5 heteroatoms. The first-order chi connectivity index (χ1) is 8.66. The minimum absolute atomic E-state index is 0.104. The van der Waals surface area contributed by atoms with E-state index in [0.29, 0.717) is 5.65 Å². The van der Waals surface area contributed by atoms with E-state index < -0.39 is 11.6 Å².